The normalized spacial score (nSPS) is 13.5. The van der Waals surface area contributed by atoms with Gasteiger partial charge in [-0.25, -0.2) is 4.79 Å². The molecule has 0 bridgehead atoms. The molecular weight excluding hydrogens is 849 g/mol. The lowest BCUT2D eigenvalue weighted by Crippen LogP contribution is -2.17. The van der Waals surface area contributed by atoms with E-state index in [-0.39, 0.29) is 19.0 Å². The van der Waals surface area contributed by atoms with Crippen LogP contribution in [0.2, 0.25) is 0 Å². The Labute approximate surface area is 403 Å². The fourth-order valence-corrected chi connectivity index (χ4v) is 8.86. The number of ether oxygens (including phenoxy) is 3. The van der Waals surface area contributed by atoms with Gasteiger partial charge in [-0.1, -0.05) is 81.1 Å². The highest BCUT2D eigenvalue weighted by molar-refractivity contribution is 6.23. The van der Waals surface area contributed by atoms with E-state index in [1.54, 1.807) is 18.5 Å². The van der Waals surface area contributed by atoms with Crippen molar-refractivity contribution >= 4 is 55.2 Å². The average Bonchev–Trinajstić information content (AvgIpc) is 3.71. The zero-order valence-corrected chi connectivity index (χ0v) is 41.6. The molecule has 5 aromatic rings. The molecule has 0 fully saturated rings. The third-order valence-corrected chi connectivity index (χ3v) is 12.3. The first-order chi connectivity index (χ1) is 32.6. The Kier molecular flexibility index (Phi) is 17.5. The molecule has 11 heteroatoms. The number of aldehydes is 1. The molecule has 68 heavy (non-hydrogen) atoms. The Morgan fingerprint density at radius 2 is 1.50 bits per heavy atom. The number of hydrogen-bond donors (Lipinski definition) is 2. The number of benzene rings is 4. The van der Waals surface area contributed by atoms with Gasteiger partial charge in [0.2, 0.25) is 6.41 Å². The summed E-state index contributed by atoms with van der Waals surface area (Å²) in [6.45, 7) is 26.0. The number of fused-ring (bicyclic) bond motifs is 3. The predicted octanol–water partition coefficient (Wildman–Crippen LogP) is 11.4. The van der Waals surface area contributed by atoms with E-state index in [4.69, 9.17) is 27.0 Å². The molecule has 0 aliphatic carbocycles. The number of nitrogens with one attached hydrogen (secondary N) is 2. The quantitative estimate of drug-likeness (QED) is 0.0396. The second-order valence-electron chi connectivity index (χ2n) is 16.4. The first-order valence-corrected chi connectivity index (χ1v) is 23.1. The number of aromatic nitrogens is 1. The number of aryl methyl sites for hydroxylation is 4. The van der Waals surface area contributed by atoms with E-state index in [0.717, 1.165) is 101 Å². The van der Waals surface area contributed by atoms with Crippen LogP contribution in [0.3, 0.4) is 0 Å². The largest absolute Gasteiger partial charge is 0.587 e. The molecule has 0 unspecified atom stereocenters. The van der Waals surface area contributed by atoms with Crippen molar-refractivity contribution in [2.45, 2.75) is 95.4 Å². The van der Waals surface area contributed by atoms with Crippen LogP contribution in [-0.2, 0) is 30.3 Å². The summed E-state index contributed by atoms with van der Waals surface area (Å²) in [6.07, 6.45) is 4.83. The molecule has 0 spiro atoms. The summed E-state index contributed by atoms with van der Waals surface area (Å²) in [7, 11) is 8.34. The van der Waals surface area contributed by atoms with Crippen LogP contribution in [0.15, 0.2) is 102 Å². The number of allylic oxidation sites excluding steroid dienone is 3. The van der Waals surface area contributed by atoms with E-state index in [2.05, 4.69) is 67.1 Å². The molecule has 2 radical (unpaired) electrons. The zero-order chi connectivity index (χ0) is 50.0. The van der Waals surface area contributed by atoms with Crippen LogP contribution >= 0.6 is 0 Å². The minimum Gasteiger partial charge on any atom is -0.462 e. The maximum Gasteiger partial charge on any atom is 0.587 e. The van der Waals surface area contributed by atoms with Crippen LogP contribution in [0.5, 0.6) is 11.5 Å². The number of nitrogens with zero attached hydrogens (tertiary/aromatic N) is 1. The van der Waals surface area contributed by atoms with Crippen molar-refractivity contribution in [3.63, 3.8) is 0 Å². The number of amides is 1. The summed E-state index contributed by atoms with van der Waals surface area (Å²) in [5, 5.41) is 2.25. The molecule has 0 atom stereocenters. The molecule has 10 nitrogen and oxygen atoms in total. The van der Waals surface area contributed by atoms with Crippen molar-refractivity contribution < 1.29 is 37.9 Å². The van der Waals surface area contributed by atoms with Gasteiger partial charge in [-0.05, 0) is 137 Å². The van der Waals surface area contributed by atoms with E-state index in [1.165, 1.54) is 0 Å². The molecule has 350 valence electrons. The predicted molar refractivity (Wildman–Crippen MR) is 275 cm³/mol. The molecule has 1 amide bonds. The number of carbonyl (C=O) groups is 4. The summed E-state index contributed by atoms with van der Waals surface area (Å²) in [5.74, 6) is 0.968. The fourth-order valence-electron chi connectivity index (χ4n) is 8.86. The van der Waals surface area contributed by atoms with Crippen molar-refractivity contribution in [1.29, 1.82) is 0 Å². The van der Waals surface area contributed by atoms with Crippen LogP contribution in [0, 0.1) is 34.6 Å². The first-order valence-electron chi connectivity index (χ1n) is 23.1. The number of hydrogen-bond acceptors (Lipinski definition) is 7. The second kappa shape index (κ2) is 23.0. The Bertz CT molecular complexity index is 2890. The SMILES string of the molecule is CC.CNC=O.[B][N+]1=C(C)C(C(=O)OCC)=C(C)/C1=C(/c1[nH]c(C)c(C)c1C)c1c(C)cc(OC(=O)CCCc2ccc(-c3ccc4c(c3/C(C=O)=C\C)C(=C)Oc3ccccc3-4)cc2)cc1C. The van der Waals surface area contributed by atoms with Gasteiger partial charge in [-0.2, -0.15) is 0 Å². The molecule has 2 aliphatic heterocycles. The molecule has 3 heterocycles. The molecule has 0 saturated carbocycles. The number of esters is 2. The van der Waals surface area contributed by atoms with Crippen molar-refractivity contribution in [3.05, 3.63) is 158 Å². The summed E-state index contributed by atoms with van der Waals surface area (Å²) >= 11 is 0. The van der Waals surface area contributed by atoms with Crippen LogP contribution in [-0.4, -0.2) is 61.5 Å². The van der Waals surface area contributed by atoms with E-state index >= 15 is 0 Å². The molecule has 2 N–H and O–H groups in total. The van der Waals surface area contributed by atoms with Crippen molar-refractivity contribution in [2.24, 2.45) is 0 Å². The zero-order valence-electron chi connectivity index (χ0n) is 41.6. The van der Waals surface area contributed by atoms with E-state index < -0.39 is 5.97 Å². The molecule has 0 saturated heterocycles. The molecule has 7 rings (SSSR count). The van der Waals surface area contributed by atoms with Gasteiger partial charge in [0.15, 0.2) is 11.4 Å². The van der Waals surface area contributed by atoms with E-state index in [1.807, 2.05) is 97.9 Å². The third-order valence-electron chi connectivity index (χ3n) is 12.3. The molecular formula is C57H63BN3O7+. The van der Waals surface area contributed by atoms with Gasteiger partial charge < -0.3 is 24.5 Å². The van der Waals surface area contributed by atoms with Gasteiger partial charge in [0.1, 0.15) is 29.1 Å². The molecule has 2 aliphatic rings. The Morgan fingerprint density at radius 3 is 2.07 bits per heavy atom. The number of carbonyl (C=O) groups excluding carboxylic acids is 4. The van der Waals surface area contributed by atoms with Gasteiger partial charge in [0.05, 0.1) is 17.9 Å². The van der Waals surface area contributed by atoms with Crippen molar-refractivity contribution in [1.82, 2.24) is 10.3 Å². The van der Waals surface area contributed by atoms with Gasteiger partial charge in [-0.15, -0.1) is 0 Å². The smallest absolute Gasteiger partial charge is 0.462 e. The van der Waals surface area contributed by atoms with Crippen LogP contribution in [0.4, 0.5) is 0 Å². The van der Waals surface area contributed by atoms with E-state index in [0.29, 0.717) is 53.3 Å². The number of H-pyrrole nitrogens is 1. The molecule has 4 aromatic carbocycles. The average molecular weight is 913 g/mol. The highest BCUT2D eigenvalue weighted by Crippen LogP contribution is 2.47. The van der Waals surface area contributed by atoms with E-state index in [9.17, 15) is 14.4 Å². The number of para-hydroxylation sites is 1. The Hall–Kier alpha value is -7.27. The number of rotatable bonds is 13. The van der Waals surface area contributed by atoms with Gasteiger partial charge >= 0.3 is 19.9 Å². The Morgan fingerprint density at radius 1 is 0.868 bits per heavy atom. The number of aromatic amines is 1. The van der Waals surface area contributed by atoms with Gasteiger partial charge in [0.25, 0.3) is 0 Å². The topological polar surface area (TPSA) is 127 Å². The first kappa shape index (κ1) is 51.7. The summed E-state index contributed by atoms with van der Waals surface area (Å²) in [5.41, 5.74) is 17.2. The lowest BCUT2D eigenvalue weighted by Gasteiger charge is -2.26. The van der Waals surface area contributed by atoms with Crippen LogP contribution in [0.1, 0.15) is 110 Å². The van der Waals surface area contributed by atoms with Crippen LogP contribution < -0.4 is 14.8 Å². The lowest BCUT2D eigenvalue weighted by molar-refractivity contribution is -0.301. The minimum atomic E-state index is -0.414. The van der Waals surface area contributed by atoms with Gasteiger partial charge in [-0.3, -0.25) is 18.9 Å². The van der Waals surface area contributed by atoms with Crippen molar-refractivity contribution in [3.8, 4) is 33.8 Å². The summed E-state index contributed by atoms with van der Waals surface area (Å²) < 4.78 is 19.1. The maximum atomic E-state index is 13.3. The highest BCUT2D eigenvalue weighted by atomic mass is 16.5. The molecule has 1 aromatic heterocycles. The fraction of sp³-hybridized carbons (Fsp3) is 0.281. The summed E-state index contributed by atoms with van der Waals surface area (Å²) in [4.78, 5) is 51.5. The van der Waals surface area contributed by atoms with Crippen molar-refractivity contribution in [2.75, 3.05) is 13.7 Å². The minimum absolute atomic E-state index is 0.234. The highest BCUT2D eigenvalue weighted by Gasteiger charge is 2.39. The third kappa shape index (κ3) is 10.5. The maximum absolute atomic E-state index is 13.3. The van der Waals surface area contributed by atoms with Gasteiger partial charge in [0, 0.05) is 53.9 Å². The lowest BCUT2D eigenvalue weighted by atomic mass is 9.83. The van der Waals surface area contributed by atoms with Crippen LogP contribution in [0.25, 0.3) is 39.2 Å². The second-order valence-corrected chi connectivity index (χ2v) is 16.4. The Balaban J connectivity index is 0.00000137. The monoisotopic (exact) mass is 912 g/mol. The summed E-state index contributed by atoms with van der Waals surface area (Å²) in [6, 6.07) is 23.9. The standard InChI is InChI=1S/C53H52BN2O6.C2H5NO.C2H6/c1-11-38(28-57)49-41(24-25-43-42-17-13-14-18-44(42)61-36(10)48(43)49)39-22-20-37(21-23-39)16-15-19-45(58)62-40-26-29(3)46(30(4)27-40)50(51-32(6)31(5)34(8)55-51)52-33(7)47(35(9)56(52)54)53(59)60-12-2;1-3-2-4;1-2/h11,13-14,17-18,20-28,55H,10,12,15-16,19H2,1-9H3;2H,1H3,(H,3,4);1-2H3/q+1;;/b38-11-;;.